The van der Waals surface area contributed by atoms with Gasteiger partial charge in [-0.15, -0.1) is 0 Å². The van der Waals surface area contributed by atoms with Gasteiger partial charge in [-0.1, -0.05) is 29.8 Å². The molecule has 0 saturated carbocycles. The third-order valence-electron chi connectivity index (χ3n) is 3.76. The van der Waals surface area contributed by atoms with Gasteiger partial charge in [0.2, 0.25) is 0 Å². The van der Waals surface area contributed by atoms with Crippen molar-refractivity contribution in [2.24, 2.45) is 0 Å². The quantitative estimate of drug-likeness (QED) is 0.736. The van der Waals surface area contributed by atoms with Crippen molar-refractivity contribution in [3.8, 4) is 11.4 Å². The predicted octanol–water partition coefficient (Wildman–Crippen LogP) is 3.51. The lowest BCUT2D eigenvalue weighted by molar-refractivity contribution is 0.0951. The summed E-state index contributed by atoms with van der Waals surface area (Å²) >= 11 is 5.96. The molecule has 128 valence electrons. The highest BCUT2D eigenvalue weighted by Crippen LogP contribution is 2.22. The number of aromatic nitrogens is 2. The van der Waals surface area contributed by atoms with Crippen LogP contribution in [-0.4, -0.2) is 29.3 Å². The van der Waals surface area contributed by atoms with Crippen molar-refractivity contribution in [2.75, 3.05) is 13.7 Å². The number of halogens is 1. The van der Waals surface area contributed by atoms with E-state index in [1.54, 1.807) is 24.4 Å². The topological polar surface area (TPSA) is 56.1 Å². The molecule has 0 aliphatic rings. The Balaban J connectivity index is 1.59. The van der Waals surface area contributed by atoms with Crippen LogP contribution in [0.5, 0.6) is 5.75 Å². The lowest BCUT2D eigenvalue weighted by atomic mass is 10.2. The molecule has 0 atom stereocenters. The summed E-state index contributed by atoms with van der Waals surface area (Å²) in [5.41, 5.74) is 2.47. The zero-order valence-electron chi connectivity index (χ0n) is 13.8. The largest absolute Gasteiger partial charge is 0.496 e. The maximum atomic E-state index is 12.3. The van der Waals surface area contributed by atoms with Crippen molar-refractivity contribution in [3.63, 3.8) is 0 Å². The molecule has 2 aromatic carbocycles. The number of carbonyl (C=O) groups excluding carboxylic acids is 1. The van der Waals surface area contributed by atoms with Gasteiger partial charge in [0.1, 0.15) is 5.75 Å². The number of benzene rings is 2. The van der Waals surface area contributed by atoms with Crippen LogP contribution in [0.15, 0.2) is 60.9 Å². The number of carbonyl (C=O) groups is 1. The van der Waals surface area contributed by atoms with E-state index in [9.17, 15) is 4.79 Å². The molecule has 5 nitrogen and oxygen atoms in total. The Labute approximate surface area is 151 Å². The van der Waals surface area contributed by atoms with E-state index in [1.165, 1.54) is 7.11 Å². The third kappa shape index (κ3) is 4.19. The number of ether oxygens (including phenoxy) is 1. The second-order valence-electron chi connectivity index (χ2n) is 5.48. The zero-order valence-corrected chi connectivity index (χ0v) is 14.5. The van der Waals surface area contributed by atoms with Crippen molar-refractivity contribution < 1.29 is 9.53 Å². The molecule has 0 spiro atoms. The summed E-state index contributed by atoms with van der Waals surface area (Å²) in [7, 11) is 1.53. The monoisotopic (exact) mass is 355 g/mol. The summed E-state index contributed by atoms with van der Waals surface area (Å²) in [6, 6.07) is 14.9. The first-order valence-electron chi connectivity index (χ1n) is 7.88. The Morgan fingerprint density at radius 2 is 2.04 bits per heavy atom. The predicted molar refractivity (Wildman–Crippen MR) is 97.6 cm³/mol. The molecule has 25 heavy (non-hydrogen) atoms. The van der Waals surface area contributed by atoms with Crippen LogP contribution in [0.3, 0.4) is 0 Å². The second kappa shape index (κ2) is 7.85. The van der Waals surface area contributed by atoms with Crippen LogP contribution in [0.2, 0.25) is 5.02 Å². The van der Waals surface area contributed by atoms with Crippen molar-refractivity contribution in [1.82, 2.24) is 15.1 Å². The lowest BCUT2D eigenvalue weighted by Crippen LogP contribution is -2.26. The van der Waals surface area contributed by atoms with E-state index in [-0.39, 0.29) is 5.91 Å². The smallest absolute Gasteiger partial charge is 0.255 e. The van der Waals surface area contributed by atoms with Gasteiger partial charge in [-0.3, -0.25) is 4.79 Å². The van der Waals surface area contributed by atoms with Crippen LogP contribution in [0.1, 0.15) is 15.9 Å². The van der Waals surface area contributed by atoms with Crippen LogP contribution < -0.4 is 10.1 Å². The summed E-state index contributed by atoms with van der Waals surface area (Å²) in [4.78, 5) is 12.3. The molecule has 1 heterocycles. The van der Waals surface area contributed by atoms with E-state index in [4.69, 9.17) is 16.3 Å². The van der Waals surface area contributed by atoms with Crippen LogP contribution in [0.25, 0.3) is 5.69 Å². The van der Waals surface area contributed by atoms with Gasteiger partial charge in [-0.2, -0.15) is 5.10 Å². The highest BCUT2D eigenvalue weighted by molar-refractivity contribution is 6.31. The number of amides is 1. The van der Waals surface area contributed by atoms with Crippen molar-refractivity contribution in [3.05, 3.63) is 77.1 Å². The average Bonchev–Trinajstić information content (AvgIpc) is 3.11. The molecule has 1 amide bonds. The first-order chi connectivity index (χ1) is 12.2. The highest BCUT2D eigenvalue weighted by atomic mass is 35.5. The fourth-order valence-corrected chi connectivity index (χ4v) is 2.66. The summed E-state index contributed by atoms with van der Waals surface area (Å²) in [6.07, 6.45) is 4.45. The Bertz CT molecular complexity index is 862. The Hall–Kier alpha value is -2.79. The maximum Gasteiger partial charge on any atom is 0.255 e. The number of methoxy groups -OCH3 is 1. The molecule has 0 fully saturated rings. The molecule has 3 aromatic rings. The molecule has 0 saturated heterocycles. The van der Waals surface area contributed by atoms with Gasteiger partial charge in [0.25, 0.3) is 5.91 Å². The minimum Gasteiger partial charge on any atom is -0.496 e. The maximum absolute atomic E-state index is 12.3. The Morgan fingerprint density at radius 1 is 1.24 bits per heavy atom. The van der Waals surface area contributed by atoms with Crippen LogP contribution >= 0.6 is 11.6 Å². The summed E-state index contributed by atoms with van der Waals surface area (Å²) in [5.74, 6) is 0.286. The lowest BCUT2D eigenvalue weighted by Gasteiger charge is -2.09. The van der Waals surface area contributed by atoms with Gasteiger partial charge in [0.15, 0.2) is 0 Å². The molecule has 0 unspecified atom stereocenters. The molecule has 0 radical (unpaired) electrons. The van der Waals surface area contributed by atoms with E-state index in [1.807, 2.05) is 41.2 Å². The standard InChI is InChI=1S/C19H18ClN3O2/c1-25-18-8-7-15(20)11-17(18)19(24)21-10-9-14-12-22-23(13-14)16-5-3-2-4-6-16/h2-8,11-13H,9-10H2,1H3,(H,21,24). The molecule has 0 aliphatic carbocycles. The number of nitrogens with one attached hydrogen (secondary N) is 1. The SMILES string of the molecule is COc1ccc(Cl)cc1C(=O)NCCc1cnn(-c2ccccc2)c1. The van der Waals surface area contributed by atoms with Crippen molar-refractivity contribution >= 4 is 17.5 Å². The molecule has 0 bridgehead atoms. The normalized spacial score (nSPS) is 10.5. The first-order valence-corrected chi connectivity index (χ1v) is 8.26. The average molecular weight is 356 g/mol. The highest BCUT2D eigenvalue weighted by Gasteiger charge is 2.12. The van der Waals surface area contributed by atoms with Gasteiger partial charge in [-0.25, -0.2) is 4.68 Å². The fraction of sp³-hybridized carbons (Fsp3) is 0.158. The van der Waals surface area contributed by atoms with Crippen molar-refractivity contribution in [1.29, 1.82) is 0 Å². The van der Waals surface area contributed by atoms with Crippen molar-refractivity contribution in [2.45, 2.75) is 6.42 Å². The number of rotatable bonds is 6. The van der Waals surface area contributed by atoms with Gasteiger partial charge in [-0.05, 0) is 42.3 Å². The summed E-state index contributed by atoms with van der Waals surface area (Å²) in [6.45, 7) is 0.495. The van der Waals surface area contributed by atoms with E-state index >= 15 is 0 Å². The fourth-order valence-electron chi connectivity index (χ4n) is 2.48. The minimum atomic E-state index is -0.213. The Morgan fingerprint density at radius 3 is 2.80 bits per heavy atom. The second-order valence-corrected chi connectivity index (χ2v) is 5.92. The number of para-hydroxylation sites is 1. The Kier molecular flexibility index (Phi) is 5.36. The zero-order chi connectivity index (χ0) is 17.6. The molecular formula is C19H18ClN3O2. The van der Waals surface area contributed by atoms with Crippen LogP contribution in [0.4, 0.5) is 0 Å². The molecule has 6 heteroatoms. The molecular weight excluding hydrogens is 338 g/mol. The van der Waals surface area contributed by atoms with Crippen LogP contribution in [-0.2, 0) is 6.42 Å². The van der Waals surface area contributed by atoms with Gasteiger partial charge >= 0.3 is 0 Å². The van der Waals surface area contributed by atoms with Crippen LogP contribution in [0, 0.1) is 0 Å². The van der Waals surface area contributed by atoms with E-state index in [0.717, 1.165) is 11.3 Å². The van der Waals surface area contributed by atoms with E-state index < -0.39 is 0 Å². The molecule has 1 aromatic heterocycles. The van der Waals surface area contributed by atoms with Gasteiger partial charge in [0.05, 0.1) is 24.6 Å². The van der Waals surface area contributed by atoms with Gasteiger partial charge in [0, 0.05) is 17.8 Å². The molecule has 1 N–H and O–H groups in total. The van der Waals surface area contributed by atoms with E-state index in [2.05, 4.69) is 10.4 Å². The minimum absolute atomic E-state index is 0.213. The molecule has 3 rings (SSSR count). The molecule has 0 aliphatic heterocycles. The third-order valence-corrected chi connectivity index (χ3v) is 4.00. The first kappa shape index (κ1) is 17.0. The van der Waals surface area contributed by atoms with Gasteiger partial charge < -0.3 is 10.1 Å². The van der Waals surface area contributed by atoms with E-state index in [0.29, 0.717) is 29.3 Å². The number of nitrogens with zero attached hydrogens (tertiary/aromatic N) is 2. The number of hydrogen-bond acceptors (Lipinski definition) is 3. The number of hydrogen-bond donors (Lipinski definition) is 1. The summed E-state index contributed by atoms with van der Waals surface area (Å²) < 4.78 is 7.02. The summed E-state index contributed by atoms with van der Waals surface area (Å²) in [5, 5.41) is 7.73.